The van der Waals surface area contributed by atoms with E-state index in [0.29, 0.717) is 0 Å². The first-order valence-electron chi connectivity index (χ1n) is 5.21. The minimum absolute atomic E-state index is 0.873. The Labute approximate surface area is 79.9 Å². The van der Waals surface area contributed by atoms with Gasteiger partial charge in [0.2, 0.25) is 0 Å². The van der Waals surface area contributed by atoms with Crippen LogP contribution in [0, 0.1) is 0 Å². The van der Waals surface area contributed by atoms with Gasteiger partial charge >= 0.3 is 0 Å². The Kier molecular flexibility index (Phi) is 2.97. The zero-order chi connectivity index (χ0) is 8.39. The molecule has 2 aliphatic heterocycles. The Balaban J connectivity index is 1.89. The maximum absolute atomic E-state index is 2.75. The van der Waals surface area contributed by atoms with Crippen molar-refractivity contribution in [3.05, 3.63) is 0 Å². The number of rotatable bonds is 1. The lowest BCUT2D eigenvalue weighted by molar-refractivity contribution is 0.179. The fraction of sp³-hybridized carbons (Fsp3) is 1.00. The van der Waals surface area contributed by atoms with Crippen LogP contribution in [-0.4, -0.2) is 35.0 Å². The molecule has 1 atom stereocenters. The van der Waals surface area contributed by atoms with E-state index in [2.05, 4.69) is 23.6 Å². The smallest absolute Gasteiger partial charge is 0.0114 e. The van der Waals surface area contributed by atoms with Gasteiger partial charge in [-0.1, -0.05) is 0 Å². The van der Waals surface area contributed by atoms with Crippen LogP contribution in [0.25, 0.3) is 0 Å². The first kappa shape index (κ1) is 8.89. The SMILES string of the molecule is CC1CCCN1C1CCSCC1. The highest BCUT2D eigenvalue weighted by atomic mass is 32.2. The van der Waals surface area contributed by atoms with E-state index in [1.54, 1.807) is 0 Å². The summed E-state index contributed by atoms with van der Waals surface area (Å²) in [7, 11) is 0. The molecule has 2 heterocycles. The number of hydrogen-bond donors (Lipinski definition) is 0. The molecule has 2 rings (SSSR count). The van der Waals surface area contributed by atoms with Crippen LogP contribution >= 0.6 is 11.8 Å². The normalized spacial score (nSPS) is 34.2. The van der Waals surface area contributed by atoms with E-state index in [9.17, 15) is 0 Å². The molecular formula is C10H19NS. The summed E-state index contributed by atoms with van der Waals surface area (Å²) in [6, 6.07) is 1.81. The minimum Gasteiger partial charge on any atom is -0.298 e. The molecule has 0 N–H and O–H groups in total. The van der Waals surface area contributed by atoms with Crippen molar-refractivity contribution in [2.24, 2.45) is 0 Å². The molecule has 12 heavy (non-hydrogen) atoms. The van der Waals surface area contributed by atoms with Gasteiger partial charge in [0.1, 0.15) is 0 Å². The highest BCUT2D eigenvalue weighted by molar-refractivity contribution is 7.99. The summed E-state index contributed by atoms with van der Waals surface area (Å²) < 4.78 is 0. The molecule has 0 aromatic rings. The highest BCUT2D eigenvalue weighted by Crippen LogP contribution is 2.27. The zero-order valence-electron chi connectivity index (χ0n) is 7.96. The van der Waals surface area contributed by atoms with E-state index >= 15 is 0 Å². The van der Waals surface area contributed by atoms with Crippen molar-refractivity contribution in [3.8, 4) is 0 Å². The van der Waals surface area contributed by atoms with Crippen molar-refractivity contribution in [2.75, 3.05) is 18.1 Å². The van der Waals surface area contributed by atoms with E-state index in [4.69, 9.17) is 0 Å². The lowest BCUT2D eigenvalue weighted by atomic mass is 10.1. The summed E-state index contributed by atoms with van der Waals surface area (Å²) in [5.41, 5.74) is 0. The summed E-state index contributed by atoms with van der Waals surface area (Å²) in [5, 5.41) is 0. The van der Waals surface area contributed by atoms with Gasteiger partial charge in [0.25, 0.3) is 0 Å². The lowest BCUT2D eigenvalue weighted by Crippen LogP contribution is -2.39. The summed E-state index contributed by atoms with van der Waals surface area (Å²) in [5.74, 6) is 2.79. The van der Waals surface area contributed by atoms with Crippen LogP contribution in [0.15, 0.2) is 0 Å². The molecule has 0 radical (unpaired) electrons. The quantitative estimate of drug-likeness (QED) is 0.617. The summed E-state index contributed by atoms with van der Waals surface area (Å²) in [4.78, 5) is 2.75. The van der Waals surface area contributed by atoms with Crippen LogP contribution in [0.3, 0.4) is 0 Å². The summed E-state index contributed by atoms with van der Waals surface area (Å²) >= 11 is 2.13. The highest BCUT2D eigenvalue weighted by Gasteiger charge is 2.28. The molecule has 0 spiro atoms. The first-order valence-corrected chi connectivity index (χ1v) is 6.37. The van der Waals surface area contributed by atoms with Gasteiger partial charge in [0, 0.05) is 12.1 Å². The molecule has 1 unspecified atom stereocenters. The monoisotopic (exact) mass is 185 g/mol. The Bertz CT molecular complexity index is 143. The van der Waals surface area contributed by atoms with Crippen molar-refractivity contribution < 1.29 is 0 Å². The first-order chi connectivity index (χ1) is 5.88. The van der Waals surface area contributed by atoms with Gasteiger partial charge in [-0.25, -0.2) is 0 Å². The average Bonchev–Trinajstić information content (AvgIpc) is 2.53. The molecule has 70 valence electrons. The van der Waals surface area contributed by atoms with Gasteiger partial charge in [-0.3, -0.25) is 4.90 Å². The Morgan fingerprint density at radius 1 is 1.17 bits per heavy atom. The molecule has 0 amide bonds. The van der Waals surface area contributed by atoms with E-state index in [1.807, 2.05) is 0 Å². The predicted molar refractivity (Wildman–Crippen MR) is 55.7 cm³/mol. The third-order valence-electron chi connectivity index (χ3n) is 3.26. The number of nitrogens with zero attached hydrogens (tertiary/aromatic N) is 1. The van der Waals surface area contributed by atoms with Gasteiger partial charge in [0.15, 0.2) is 0 Å². The third-order valence-corrected chi connectivity index (χ3v) is 4.31. The van der Waals surface area contributed by atoms with Crippen LogP contribution in [-0.2, 0) is 0 Å². The van der Waals surface area contributed by atoms with Crippen molar-refractivity contribution in [1.29, 1.82) is 0 Å². The Morgan fingerprint density at radius 2 is 1.92 bits per heavy atom. The summed E-state index contributed by atoms with van der Waals surface area (Å²) in [6.45, 7) is 3.77. The molecular weight excluding hydrogens is 166 g/mol. The Hall–Kier alpha value is 0.310. The largest absolute Gasteiger partial charge is 0.298 e. The van der Waals surface area contributed by atoms with Crippen molar-refractivity contribution >= 4 is 11.8 Å². The van der Waals surface area contributed by atoms with E-state index < -0.39 is 0 Å². The minimum atomic E-state index is 0.873. The molecule has 0 aromatic carbocycles. The number of thioether (sulfide) groups is 1. The molecule has 1 nitrogen and oxygen atoms in total. The lowest BCUT2D eigenvalue weighted by Gasteiger charge is -2.33. The topological polar surface area (TPSA) is 3.24 Å². The second kappa shape index (κ2) is 4.01. The van der Waals surface area contributed by atoms with Gasteiger partial charge in [-0.05, 0) is 50.7 Å². The van der Waals surface area contributed by atoms with Gasteiger partial charge in [0.05, 0.1) is 0 Å². The fourth-order valence-corrected chi connectivity index (χ4v) is 3.60. The van der Waals surface area contributed by atoms with Crippen molar-refractivity contribution in [2.45, 2.75) is 44.7 Å². The molecule has 2 fully saturated rings. The second-order valence-corrected chi connectivity index (χ2v) is 5.30. The van der Waals surface area contributed by atoms with Gasteiger partial charge in [-0.2, -0.15) is 11.8 Å². The van der Waals surface area contributed by atoms with Crippen LogP contribution < -0.4 is 0 Å². The Morgan fingerprint density at radius 3 is 2.50 bits per heavy atom. The maximum atomic E-state index is 2.75. The van der Waals surface area contributed by atoms with Crippen LogP contribution in [0.2, 0.25) is 0 Å². The van der Waals surface area contributed by atoms with Gasteiger partial charge < -0.3 is 0 Å². The molecule has 2 aliphatic rings. The van der Waals surface area contributed by atoms with Crippen LogP contribution in [0.1, 0.15) is 32.6 Å². The molecule has 0 bridgehead atoms. The van der Waals surface area contributed by atoms with E-state index in [-0.39, 0.29) is 0 Å². The molecule has 0 saturated carbocycles. The fourth-order valence-electron chi connectivity index (χ4n) is 2.51. The number of hydrogen-bond acceptors (Lipinski definition) is 2. The predicted octanol–water partition coefficient (Wildman–Crippen LogP) is 2.37. The standard InChI is InChI=1S/C10H19NS/c1-9-3-2-6-11(9)10-4-7-12-8-5-10/h9-10H,2-8H2,1H3. The van der Waals surface area contributed by atoms with Gasteiger partial charge in [-0.15, -0.1) is 0 Å². The second-order valence-electron chi connectivity index (χ2n) is 4.07. The van der Waals surface area contributed by atoms with Crippen molar-refractivity contribution in [1.82, 2.24) is 4.90 Å². The summed E-state index contributed by atoms with van der Waals surface area (Å²) in [6.07, 6.45) is 5.75. The molecule has 0 aromatic heterocycles. The number of likely N-dealkylation sites (tertiary alicyclic amines) is 1. The molecule has 2 heteroatoms. The van der Waals surface area contributed by atoms with Crippen LogP contribution in [0.5, 0.6) is 0 Å². The van der Waals surface area contributed by atoms with Crippen molar-refractivity contribution in [3.63, 3.8) is 0 Å². The van der Waals surface area contributed by atoms with Crippen LogP contribution in [0.4, 0.5) is 0 Å². The molecule has 2 saturated heterocycles. The maximum Gasteiger partial charge on any atom is 0.0114 e. The average molecular weight is 185 g/mol. The molecule has 0 aliphatic carbocycles. The van der Waals surface area contributed by atoms with E-state index in [0.717, 1.165) is 12.1 Å². The third kappa shape index (κ3) is 1.80. The zero-order valence-corrected chi connectivity index (χ0v) is 8.78. The van der Waals surface area contributed by atoms with E-state index in [1.165, 1.54) is 43.7 Å².